The van der Waals surface area contributed by atoms with Crippen LogP contribution in [0.2, 0.25) is 5.02 Å². The number of nitrogens with zero attached hydrogens (tertiary/aromatic N) is 3. The average Bonchev–Trinajstić information content (AvgIpc) is 2.89. The van der Waals surface area contributed by atoms with Gasteiger partial charge >= 0.3 is 0 Å². The molecule has 4 aromatic rings. The van der Waals surface area contributed by atoms with Crippen LogP contribution in [0.1, 0.15) is 16.1 Å². The van der Waals surface area contributed by atoms with Crippen LogP contribution in [0.4, 0.5) is 0 Å². The molecule has 1 aliphatic rings. The van der Waals surface area contributed by atoms with Gasteiger partial charge in [-0.15, -0.1) is 0 Å². The molecule has 0 N–H and O–H groups in total. The molecule has 1 fully saturated rings. The van der Waals surface area contributed by atoms with E-state index in [-0.39, 0.29) is 37.0 Å². The molecule has 1 amide bonds. The molecule has 1 saturated heterocycles. The summed E-state index contributed by atoms with van der Waals surface area (Å²) in [6.07, 6.45) is 0. The van der Waals surface area contributed by atoms with Gasteiger partial charge in [-0.25, -0.2) is 8.42 Å². The second-order valence-electron chi connectivity index (χ2n) is 8.74. The van der Waals surface area contributed by atoms with Crippen LogP contribution in [0, 0.1) is 12.1 Å². The number of sulfonamides is 1. The van der Waals surface area contributed by atoms with Crippen molar-refractivity contribution in [3.05, 3.63) is 100 Å². The number of benzene rings is 3. The molecule has 0 atom stereocenters. The van der Waals surface area contributed by atoms with Gasteiger partial charge in [0.1, 0.15) is 0 Å². The smallest absolute Gasteiger partial charge is 0.254 e. The highest BCUT2D eigenvalue weighted by atomic mass is 35.5. The number of fused-ring (bicyclic) bond motifs is 1. The summed E-state index contributed by atoms with van der Waals surface area (Å²) >= 11 is 6.04. The SMILES string of the molecule is Cc1cccc(-c2ccccc2C(=O)N2CCN(S(=O)(=O)c3ccc4cc(Cl)ccc4c3)CC2)[n+]1[O-]. The van der Waals surface area contributed by atoms with E-state index in [0.29, 0.717) is 27.5 Å². The molecule has 3 aromatic carbocycles. The molecule has 184 valence electrons. The van der Waals surface area contributed by atoms with Crippen LogP contribution in [0.25, 0.3) is 22.0 Å². The van der Waals surface area contributed by atoms with Gasteiger partial charge in [-0.1, -0.05) is 35.9 Å². The Kier molecular flexibility index (Phi) is 6.42. The standard InChI is InChI=1S/C27H24ClN3O4S/c1-19-5-4-8-26(31(19)33)24-6-2-3-7-25(24)27(32)29-13-15-30(16-14-29)36(34,35)23-12-10-20-17-22(28)11-9-21(20)18-23/h2-12,17-18H,13-16H2,1H3. The predicted octanol–water partition coefficient (Wildman–Crippen LogP) is 4.25. The third-order valence-electron chi connectivity index (χ3n) is 6.50. The maximum absolute atomic E-state index is 13.4. The first-order valence-electron chi connectivity index (χ1n) is 11.5. The van der Waals surface area contributed by atoms with E-state index >= 15 is 0 Å². The Morgan fingerprint density at radius 1 is 0.889 bits per heavy atom. The van der Waals surface area contributed by atoms with Gasteiger partial charge in [0.05, 0.1) is 16.0 Å². The maximum atomic E-state index is 13.4. The average molecular weight is 522 g/mol. The van der Waals surface area contributed by atoms with E-state index in [2.05, 4.69) is 0 Å². The third kappa shape index (κ3) is 4.43. The zero-order valence-corrected chi connectivity index (χ0v) is 21.2. The quantitative estimate of drug-likeness (QED) is 0.297. The van der Waals surface area contributed by atoms with Crippen molar-refractivity contribution in [2.24, 2.45) is 0 Å². The fourth-order valence-electron chi connectivity index (χ4n) is 4.50. The molecule has 5 rings (SSSR count). The number of aryl methyl sites for hydroxylation is 1. The number of pyridine rings is 1. The van der Waals surface area contributed by atoms with Crippen LogP contribution >= 0.6 is 11.6 Å². The second-order valence-corrected chi connectivity index (χ2v) is 11.1. The Morgan fingerprint density at radius 2 is 1.58 bits per heavy atom. The lowest BCUT2D eigenvalue weighted by molar-refractivity contribution is -0.600. The number of rotatable bonds is 4. The molecule has 0 bridgehead atoms. The predicted molar refractivity (Wildman–Crippen MR) is 139 cm³/mol. The van der Waals surface area contributed by atoms with Crippen molar-refractivity contribution in [1.29, 1.82) is 0 Å². The molecule has 0 radical (unpaired) electrons. The summed E-state index contributed by atoms with van der Waals surface area (Å²) in [5.41, 5.74) is 1.90. The van der Waals surface area contributed by atoms with Crippen LogP contribution in [-0.4, -0.2) is 49.7 Å². The fourth-order valence-corrected chi connectivity index (χ4v) is 6.14. The maximum Gasteiger partial charge on any atom is 0.254 e. The number of hydrogen-bond acceptors (Lipinski definition) is 4. The normalized spacial score (nSPS) is 14.8. The minimum Gasteiger partial charge on any atom is -0.618 e. The van der Waals surface area contributed by atoms with Crippen molar-refractivity contribution >= 4 is 38.3 Å². The topological polar surface area (TPSA) is 84.6 Å². The van der Waals surface area contributed by atoms with Crippen LogP contribution in [0.3, 0.4) is 0 Å². The summed E-state index contributed by atoms with van der Waals surface area (Å²) in [5, 5.41) is 14.9. The first kappa shape index (κ1) is 24.2. The highest BCUT2D eigenvalue weighted by Gasteiger charge is 2.32. The van der Waals surface area contributed by atoms with Crippen molar-refractivity contribution in [3.8, 4) is 11.3 Å². The molecule has 0 spiro atoms. The van der Waals surface area contributed by atoms with Gasteiger partial charge in [0.25, 0.3) is 5.91 Å². The Labute approximate surface area is 214 Å². The number of hydrogen-bond donors (Lipinski definition) is 0. The summed E-state index contributed by atoms with van der Waals surface area (Å²) in [7, 11) is -3.72. The number of amides is 1. The number of carbonyl (C=O) groups is 1. The van der Waals surface area contributed by atoms with E-state index in [1.54, 1.807) is 90.7 Å². The Hall–Kier alpha value is -3.46. The second kappa shape index (κ2) is 9.54. The zero-order chi connectivity index (χ0) is 25.4. The Bertz CT molecular complexity index is 1580. The summed E-state index contributed by atoms with van der Waals surface area (Å²) in [6.45, 7) is 2.58. The van der Waals surface area contributed by atoms with Gasteiger partial charge in [0.15, 0.2) is 5.69 Å². The first-order valence-corrected chi connectivity index (χ1v) is 13.3. The molecule has 9 heteroatoms. The zero-order valence-electron chi connectivity index (χ0n) is 19.6. The molecule has 36 heavy (non-hydrogen) atoms. The van der Waals surface area contributed by atoms with Gasteiger partial charge in [-0.05, 0) is 53.2 Å². The molecular formula is C27H24ClN3O4S. The number of piperazine rings is 1. The van der Waals surface area contributed by atoms with Crippen molar-refractivity contribution in [2.75, 3.05) is 26.2 Å². The minimum absolute atomic E-state index is 0.181. The van der Waals surface area contributed by atoms with Crippen LogP contribution in [0.15, 0.2) is 83.8 Å². The van der Waals surface area contributed by atoms with E-state index < -0.39 is 10.0 Å². The van der Waals surface area contributed by atoms with Gasteiger partial charge in [-0.3, -0.25) is 4.79 Å². The van der Waals surface area contributed by atoms with E-state index in [1.807, 2.05) is 0 Å². The lowest BCUT2D eigenvalue weighted by atomic mass is 10.0. The lowest BCUT2D eigenvalue weighted by Gasteiger charge is -2.34. The lowest BCUT2D eigenvalue weighted by Crippen LogP contribution is -2.50. The third-order valence-corrected chi connectivity index (χ3v) is 8.63. The monoisotopic (exact) mass is 521 g/mol. The van der Waals surface area contributed by atoms with Gasteiger partial charge in [0.2, 0.25) is 15.7 Å². The summed E-state index contributed by atoms with van der Waals surface area (Å²) in [6, 6.07) is 22.5. The van der Waals surface area contributed by atoms with E-state index in [9.17, 15) is 18.4 Å². The molecule has 1 aromatic heterocycles. The Morgan fingerprint density at radius 3 is 2.36 bits per heavy atom. The number of halogens is 1. The Balaban J connectivity index is 1.35. The highest BCUT2D eigenvalue weighted by molar-refractivity contribution is 7.89. The van der Waals surface area contributed by atoms with Crippen LogP contribution in [0.5, 0.6) is 0 Å². The van der Waals surface area contributed by atoms with Crippen LogP contribution in [-0.2, 0) is 10.0 Å². The van der Waals surface area contributed by atoms with Crippen LogP contribution < -0.4 is 4.73 Å². The molecule has 0 aliphatic carbocycles. The highest BCUT2D eigenvalue weighted by Crippen LogP contribution is 2.26. The summed E-state index contributed by atoms with van der Waals surface area (Å²) in [4.78, 5) is 15.3. The van der Waals surface area contributed by atoms with E-state index in [1.165, 1.54) is 4.31 Å². The van der Waals surface area contributed by atoms with Gasteiger partial charge in [0, 0.05) is 50.3 Å². The summed E-state index contributed by atoms with van der Waals surface area (Å²) in [5.74, 6) is -0.230. The molecular weight excluding hydrogens is 498 g/mol. The molecule has 7 nitrogen and oxygen atoms in total. The van der Waals surface area contributed by atoms with Gasteiger partial charge in [-0.2, -0.15) is 9.04 Å². The van der Waals surface area contributed by atoms with Crippen molar-refractivity contribution in [1.82, 2.24) is 9.21 Å². The van der Waals surface area contributed by atoms with Gasteiger partial charge < -0.3 is 10.1 Å². The van der Waals surface area contributed by atoms with Crippen molar-refractivity contribution in [3.63, 3.8) is 0 Å². The number of carbonyl (C=O) groups excluding carboxylic acids is 1. The van der Waals surface area contributed by atoms with Crippen molar-refractivity contribution in [2.45, 2.75) is 11.8 Å². The van der Waals surface area contributed by atoms with E-state index in [4.69, 9.17) is 11.6 Å². The molecule has 0 unspecified atom stereocenters. The largest absolute Gasteiger partial charge is 0.618 e. The summed E-state index contributed by atoms with van der Waals surface area (Å²) < 4.78 is 28.8. The first-order chi connectivity index (χ1) is 17.3. The minimum atomic E-state index is -3.72. The molecule has 1 aliphatic heterocycles. The number of aromatic nitrogens is 1. The molecule has 0 saturated carbocycles. The van der Waals surface area contributed by atoms with Crippen molar-refractivity contribution < 1.29 is 17.9 Å². The fraction of sp³-hybridized carbons (Fsp3) is 0.185. The molecule has 2 heterocycles. The van der Waals surface area contributed by atoms with E-state index in [0.717, 1.165) is 15.5 Å².